The molecule has 0 saturated carbocycles. The first kappa shape index (κ1) is 12.8. The van der Waals surface area contributed by atoms with Gasteiger partial charge in [0.25, 0.3) is 0 Å². The van der Waals surface area contributed by atoms with Gasteiger partial charge in [-0.05, 0) is 36.6 Å². The molecule has 1 unspecified atom stereocenters. The fraction of sp³-hybridized carbons (Fsp3) is 0.176. The van der Waals surface area contributed by atoms with Crippen molar-refractivity contribution >= 4 is 10.9 Å². The summed E-state index contributed by atoms with van der Waals surface area (Å²) in [5.74, 6) is 0. The molecule has 0 bridgehead atoms. The van der Waals surface area contributed by atoms with Crippen molar-refractivity contribution in [2.24, 2.45) is 5.73 Å². The number of para-hydroxylation sites is 1. The van der Waals surface area contributed by atoms with Crippen molar-refractivity contribution < 1.29 is 0 Å². The zero-order chi connectivity index (χ0) is 13.8. The van der Waals surface area contributed by atoms with Crippen molar-refractivity contribution in [1.82, 2.24) is 9.97 Å². The van der Waals surface area contributed by atoms with Gasteiger partial charge in [-0.15, -0.1) is 0 Å². The lowest BCUT2D eigenvalue weighted by atomic mass is 9.99. The molecule has 2 aromatic heterocycles. The van der Waals surface area contributed by atoms with Gasteiger partial charge in [0.05, 0.1) is 5.52 Å². The molecule has 0 fully saturated rings. The highest BCUT2D eigenvalue weighted by Crippen LogP contribution is 2.23. The van der Waals surface area contributed by atoms with E-state index in [1.54, 1.807) is 0 Å². The molecule has 2 heterocycles. The van der Waals surface area contributed by atoms with Crippen LogP contribution in [0.1, 0.15) is 23.7 Å². The van der Waals surface area contributed by atoms with Gasteiger partial charge < -0.3 is 5.73 Å². The van der Waals surface area contributed by atoms with E-state index in [-0.39, 0.29) is 6.04 Å². The Labute approximate surface area is 118 Å². The van der Waals surface area contributed by atoms with Crippen molar-refractivity contribution in [2.45, 2.75) is 18.9 Å². The predicted molar refractivity (Wildman–Crippen MR) is 81.2 cm³/mol. The quantitative estimate of drug-likeness (QED) is 0.786. The fourth-order valence-corrected chi connectivity index (χ4v) is 2.43. The van der Waals surface area contributed by atoms with Crippen LogP contribution in [0.15, 0.2) is 60.9 Å². The van der Waals surface area contributed by atoms with Crippen molar-refractivity contribution in [3.8, 4) is 0 Å². The largest absolute Gasteiger partial charge is 0.324 e. The molecule has 0 aliphatic rings. The number of aryl methyl sites for hydroxylation is 1. The second-order valence-corrected chi connectivity index (χ2v) is 4.89. The van der Waals surface area contributed by atoms with E-state index in [0.29, 0.717) is 0 Å². The SMILES string of the molecule is NC(CCc1ccccn1)c1cccc2cccnc12. The molecule has 2 N–H and O–H groups in total. The molecule has 0 saturated heterocycles. The highest BCUT2D eigenvalue weighted by molar-refractivity contribution is 5.81. The summed E-state index contributed by atoms with van der Waals surface area (Å²) >= 11 is 0. The lowest BCUT2D eigenvalue weighted by molar-refractivity contribution is 0.647. The molecule has 0 amide bonds. The van der Waals surface area contributed by atoms with Crippen LogP contribution >= 0.6 is 0 Å². The van der Waals surface area contributed by atoms with Crippen LogP contribution in [0, 0.1) is 0 Å². The van der Waals surface area contributed by atoms with Gasteiger partial charge in [-0.2, -0.15) is 0 Å². The van der Waals surface area contributed by atoms with Gasteiger partial charge >= 0.3 is 0 Å². The molecule has 3 aromatic rings. The van der Waals surface area contributed by atoms with E-state index in [0.717, 1.165) is 35.0 Å². The van der Waals surface area contributed by atoms with Crippen LogP contribution in [0.25, 0.3) is 10.9 Å². The topological polar surface area (TPSA) is 51.8 Å². The minimum atomic E-state index is -0.0180. The Kier molecular flexibility index (Phi) is 3.70. The second-order valence-electron chi connectivity index (χ2n) is 4.89. The highest BCUT2D eigenvalue weighted by Gasteiger charge is 2.10. The first-order chi connectivity index (χ1) is 9.84. The number of benzene rings is 1. The third-order valence-corrected chi connectivity index (χ3v) is 3.50. The van der Waals surface area contributed by atoms with Crippen LogP contribution in [0.2, 0.25) is 0 Å². The number of pyridine rings is 2. The molecular weight excluding hydrogens is 246 g/mol. The summed E-state index contributed by atoms with van der Waals surface area (Å²) in [4.78, 5) is 8.80. The highest BCUT2D eigenvalue weighted by atomic mass is 14.7. The molecule has 3 heteroatoms. The molecule has 3 nitrogen and oxygen atoms in total. The zero-order valence-electron chi connectivity index (χ0n) is 11.2. The summed E-state index contributed by atoms with van der Waals surface area (Å²) in [7, 11) is 0. The van der Waals surface area contributed by atoms with Gasteiger partial charge in [0.1, 0.15) is 0 Å². The van der Waals surface area contributed by atoms with Gasteiger partial charge in [-0.1, -0.05) is 30.3 Å². The maximum atomic E-state index is 6.34. The first-order valence-electron chi connectivity index (χ1n) is 6.84. The number of fused-ring (bicyclic) bond motifs is 1. The molecule has 20 heavy (non-hydrogen) atoms. The average Bonchev–Trinajstić information content (AvgIpc) is 2.53. The van der Waals surface area contributed by atoms with E-state index in [1.807, 2.05) is 42.7 Å². The van der Waals surface area contributed by atoms with E-state index in [9.17, 15) is 0 Å². The van der Waals surface area contributed by atoms with Gasteiger partial charge in [0.15, 0.2) is 0 Å². The summed E-state index contributed by atoms with van der Waals surface area (Å²) in [6.45, 7) is 0. The third kappa shape index (κ3) is 2.68. The monoisotopic (exact) mass is 263 g/mol. The number of nitrogens with two attached hydrogens (primary N) is 1. The Hall–Kier alpha value is -2.26. The maximum Gasteiger partial charge on any atom is 0.0749 e. The summed E-state index contributed by atoms with van der Waals surface area (Å²) in [5, 5.41) is 1.14. The summed E-state index contributed by atoms with van der Waals surface area (Å²) in [6, 6.07) is 16.1. The molecule has 0 spiro atoms. The second kappa shape index (κ2) is 5.80. The number of rotatable bonds is 4. The number of aromatic nitrogens is 2. The molecule has 3 rings (SSSR count). The Bertz CT molecular complexity index is 689. The Balaban J connectivity index is 1.80. The minimum Gasteiger partial charge on any atom is -0.324 e. The lowest BCUT2D eigenvalue weighted by Gasteiger charge is -2.13. The Morgan fingerprint density at radius 1 is 0.900 bits per heavy atom. The van der Waals surface area contributed by atoms with E-state index >= 15 is 0 Å². The van der Waals surface area contributed by atoms with Gasteiger partial charge in [-0.3, -0.25) is 9.97 Å². The van der Waals surface area contributed by atoms with Crippen LogP contribution in [0.5, 0.6) is 0 Å². The van der Waals surface area contributed by atoms with E-state index in [4.69, 9.17) is 5.73 Å². The first-order valence-corrected chi connectivity index (χ1v) is 6.84. The summed E-state index contributed by atoms with van der Waals surface area (Å²) < 4.78 is 0. The predicted octanol–water partition coefficient (Wildman–Crippen LogP) is 3.26. The van der Waals surface area contributed by atoms with Crippen LogP contribution in [0.4, 0.5) is 0 Å². The minimum absolute atomic E-state index is 0.0180. The summed E-state index contributed by atoms with van der Waals surface area (Å²) in [6.07, 6.45) is 5.38. The van der Waals surface area contributed by atoms with E-state index < -0.39 is 0 Å². The number of nitrogens with zero attached hydrogens (tertiary/aromatic N) is 2. The number of hydrogen-bond acceptors (Lipinski definition) is 3. The van der Waals surface area contributed by atoms with Gasteiger partial charge in [0.2, 0.25) is 0 Å². The van der Waals surface area contributed by atoms with Crippen molar-refractivity contribution in [3.05, 3.63) is 72.2 Å². The van der Waals surface area contributed by atoms with Crippen molar-refractivity contribution in [1.29, 1.82) is 0 Å². The molecule has 1 atom stereocenters. The van der Waals surface area contributed by atoms with Crippen molar-refractivity contribution in [2.75, 3.05) is 0 Å². The van der Waals surface area contributed by atoms with E-state index in [1.165, 1.54) is 0 Å². The van der Waals surface area contributed by atoms with Gasteiger partial charge in [-0.25, -0.2) is 0 Å². The molecule has 0 aliphatic carbocycles. The zero-order valence-corrected chi connectivity index (χ0v) is 11.2. The average molecular weight is 263 g/mol. The fourth-order valence-electron chi connectivity index (χ4n) is 2.43. The molecule has 0 aliphatic heterocycles. The van der Waals surface area contributed by atoms with Crippen LogP contribution in [-0.4, -0.2) is 9.97 Å². The summed E-state index contributed by atoms with van der Waals surface area (Å²) in [5.41, 5.74) is 9.53. The lowest BCUT2D eigenvalue weighted by Crippen LogP contribution is -2.12. The molecule has 1 aromatic carbocycles. The van der Waals surface area contributed by atoms with Crippen molar-refractivity contribution in [3.63, 3.8) is 0 Å². The molecular formula is C17H17N3. The normalized spacial score (nSPS) is 12.4. The van der Waals surface area contributed by atoms with Crippen LogP contribution in [0.3, 0.4) is 0 Å². The Morgan fingerprint density at radius 2 is 1.75 bits per heavy atom. The van der Waals surface area contributed by atoms with Crippen LogP contribution < -0.4 is 5.73 Å². The van der Waals surface area contributed by atoms with Gasteiger partial charge in [0, 0.05) is 29.5 Å². The Morgan fingerprint density at radius 3 is 2.60 bits per heavy atom. The molecule has 100 valence electrons. The number of hydrogen-bond donors (Lipinski definition) is 1. The van der Waals surface area contributed by atoms with E-state index in [2.05, 4.69) is 28.2 Å². The smallest absolute Gasteiger partial charge is 0.0749 e. The molecule has 0 radical (unpaired) electrons. The van der Waals surface area contributed by atoms with Crippen LogP contribution in [-0.2, 0) is 6.42 Å². The standard InChI is InChI=1S/C17H17N3/c18-16(10-9-14-7-1-2-11-19-14)15-8-3-5-13-6-4-12-20-17(13)15/h1-8,11-12,16H,9-10,18H2. The maximum absolute atomic E-state index is 6.34. The third-order valence-electron chi connectivity index (χ3n) is 3.50.